The molecule has 0 aromatic carbocycles. The van der Waals surface area contributed by atoms with Gasteiger partial charge in [-0.1, -0.05) is 20.3 Å². The molecule has 0 aromatic rings. The van der Waals surface area contributed by atoms with E-state index in [0.29, 0.717) is 5.92 Å². The quantitative estimate of drug-likeness (QED) is 0.628. The molecule has 0 heterocycles. The summed E-state index contributed by atoms with van der Waals surface area (Å²) in [6, 6.07) is 0. The molecule has 0 rings (SSSR count). The van der Waals surface area contributed by atoms with Crippen molar-refractivity contribution in [1.82, 2.24) is 0 Å². The van der Waals surface area contributed by atoms with Gasteiger partial charge in [0.05, 0.1) is 6.10 Å². The van der Waals surface area contributed by atoms with Crippen LogP contribution in [0.5, 0.6) is 0 Å². The second-order valence-corrected chi connectivity index (χ2v) is 4.07. The van der Waals surface area contributed by atoms with E-state index in [0.717, 1.165) is 19.3 Å². The predicted molar refractivity (Wildman–Crippen MR) is 53.1 cm³/mol. The van der Waals surface area contributed by atoms with Crippen molar-refractivity contribution in [2.75, 3.05) is 12.0 Å². The zero-order valence-corrected chi connectivity index (χ0v) is 8.66. The van der Waals surface area contributed by atoms with E-state index < -0.39 is 0 Å². The standard InChI is InChI=1S/C9H20OS/c1-4-8(2)9(10)6-5-7-11-3/h8-10H,4-7H2,1-3H3. The van der Waals surface area contributed by atoms with Gasteiger partial charge in [0.15, 0.2) is 0 Å². The third-order valence-corrected chi connectivity index (χ3v) is 2.85. The van der Waals surface area contributed by atoms with Crippen LogP contribution in [-0.2, 0) is 0 Å². The van der Waals surface area contributed by atoms with E-state index in [9.17, 15) is 5.11 Å². The van der Waals surface area contributed by atoms with Crippen molar-refractivity contribution in [2.45, 2.75) is 39.2 Å². The van der Waals surface area contributed by atoms with Gasteiger partial charge in [0.25, 0.3) is 0 Å². The fourth-order valence-corrected chi connectivity index (χ4v) is 1.45. The molecule has 0 aliphatic carbocycles. The van der Waals surface area contributed by atoms with Crippen LogP contribution in [0.1, 0.15) is 33.1 Å². The van der Waals surface area contributed by atoms with Crippen molar-refractivity contribution < 1.29 is 5.11 Å². The maximum atomic E-state index is 9.54. The lowest BCUT2D eigenvalue weighted by atomic mass is 9.98. The highest BCUT2D eigenvalue weighted by Gasteiger charge is 2.10. The number of thioether (sulfide) groups is 1. The number of aliphatic hydroxyl groups is 1. The highest BCUT2D eigenvalue weighted by Crippen LogP contribution is 2.13. The molecule has 0 amide bonds. The first-order valence-electron chi connectivity index (χ1n) is 4.39. The topological polar surface area (TPSA) is 20.2 Å². The molecule has 1 N–H and O–H groups in total. The van der Waals surface area contributed by atoms with Crippen LogP contribution in [0.4, 0.5) is 0 Å². The summed E-state index contributed by atoms with van der Waals surface area (Å²) in [5.41, 5.74) is 0. The Morgan fingerprint density at radius 3 is 2.55 bits per heavy atom. The predicted octanol–water partition coefficient (Wildman–Crippen LogP) is 2.54. The fourth-order valence-electron chi connectivity index (χ4n) is 0.993. The van der Waals surface area contributed by atoms with Gasteiger partial charge in [-0.15, -0.1) is 0 Å². The average Bonchev–Trinajstić information content (AvgIpc) is 2.03. The van der Waals surface area contributed by atoms with E-state index in [-0.39, 0.29) is 6.10 Å². The van der Waals surface area contributed by atoms with Crippen molar-refractivity contribution in [1.29, 1.82) is 0 Å². The molecule has 0 fully saturated rings. The minimum absolute atomic E-state index is 0.0767. The maximum Gasteiger partial charge on any atom is 0.0566 e. The van der Waals surface area contributed by atoms with E-state index in [4.69, 9.17) is 0 Å². The molecule has 0 aliphatic rings. The summed E-state index contributed by atoms with van der Waals surface area (Å²) in [5.74, 6) is 1.64. The highest BCUT2D eigenvalue weighted by atomic mass is 32.2. The number of hydrogen-bond acceptors (Lipinski definition) is 2. The highest BCUT2D eigenvalue weighted by molar-refractivity contribution is 7.98. The molecule has 1 nitrogen and oxygen atoms in total. The summed E-state index contributed by atoms with van der Waals surface area (Å²) >= 11 is 1.85. The summed E-state index contributed by atoms with van der Waals surface area (Å²) in [6.45, 7) is 4.24. The van der Waals surface area contributed by atoms with Gasteiger partial charge >= 0.3 is 0 Å². The van der Waals surface area contributed by atoms with E-state index >= 15 is 0 Å². The van der Waals surface area contributed by atoms with Crippen molar-refractivity contribution in [3.63, 3.8) is 0 Å². The van der Waals surface area contributed by atoms with Gasteiger partial charge in [0.2, 0.25) is 0 Å². The first-order chi connectivity index (χ1) is 5.22. The minimum Gasteiger partial charge on any atom is -0.393 e. The molecule has 0 aromatic heterocycles. The Morgan fingerprint density at radius 2 is 2.09 bits per heavy atom. The number of rotatable bonds is 6. The van der Waals surface area contributed by atoms with Crippen LogP contribution in [-0.4, -0.2) is 23.2 Å². The Kier molecular flexibility index (Phi) is 7.18. The lowest BCUT2D eigenvalue weighted by Gasteiger charge is -2.16. The van der Waals surface area contributed by atoms with Crippen LogP contribution in [0, 0.1) is 5.92 Å². The normalized spacial score (nSPS) is 16.4. The van der Waals surface area contributed by atoms with Gasteiger partial charge in [-0.2, -0.15) is 11.8 Å². The molecule has 2 heteroatoms. The van der Waals surface area contributed by atoms with Crippen molar-refractivity contribution in [2.24, 2.45) is 5.92 Å². The molecule has 68 valence electrons. The Bertz CT molecular complexity index is 85.6. The van der Waals surface area contributed by atoms with Crippen LogP contribution >= 0.6 is 11.8 Å². The third-order valence-electron chi connectivity index (χ3n) is 2.15. The smallest absolute Gasteiger partial charge is 0.0566 e. The Hall–Kier alpha value is 0.310. The summed E-state index contributed by atoms with van der Waals surface area (Å²) < 4.78 is 0. The number of hydrogen-bond donors (Lipinski definition) is 1. The van der Waals surface area contributed by atoms with Gasteiger partial charge < -0.3 is 5.11 Å². The van der Waals surface area contributed by atoms with Crippen LogP contribution in [0.15, 0.2) is 0 Å². The molecule has 0 radical (unpaired) electrons. The lowest BCUT2D eigenvalue weighted by Crippen LogP contribution is -2.16. The minimum atomic E-state index is -0.0767. The van der Waals surface area contributed by atoms with Gasteiger partial charge in [-0.05, 0) is 30.8 Å². The van der Waals surface area contributed by atoms with Crippen molar-refractivity contribution in [3.8, 4) is 0 Å². The first kappa shape index (κ1) is 11.3. The summed E-state index contributed by atoms with van der Waals surface area (Å²) in [5, 5.41) is 9.54. The molecule has 2 atom stereocenters. The molecule has 0 bridgehead atoms. The summed E-state index contributed by atoms with van der Waals surface area (Å²) in [4.78, 5) is 0. The van der Waals surface area contributed by atoms with Gasteiger partial charge in [0.1, 0.15) is 0 Å². The molecular formula is C9H20OS. The van der Waals surface area contributed by atoms with Crippen LogP contribution in [0.2, 0.25) is 0 Å². The van der Waals surface area contributed by atoms with Gasteiger partial charge in [-0.25, -0.2) is 0 Å². The van der Waals surface area contributed by atoms with Crippen molar-refractivity contribution in [3.05, 3.63) is 0 Å². The van der Waals surface area contributed by atoms with E-state index in [1.54, 1.807) is 0 Å². The molecular weight excluding hydrogens is 156 g/mol. The SMILES string of the molecule is CCC(C)C(O)CCCSC. The van der Waals surface area contributed by atoms with E-state index in [2.05, 4.69) is 20.1 Å². The molecule has 0 spiro atoms. The average molecular weight is 176 g/mol. The first-order valence-corrected chi connectivity index (χ1v) is 5.78. The lowest BCUT2D eigenvalue weighted by molar-refractivity contribution is 0.105. The maximum absolute atomic E-state index is 9.54. The summed E-state index contributed by atoms with van der Waals surface area (Å²) in [6.07, 6.45) is 5.23. The van der Waals surface area contributed by atoms with E-state index in [1.165, 1.54) is 5.75 Å². The molecule has 0 saturated carbocycles. The van der Waals surface area contributed by atoms with E-state index in [1.807, 2.05) is 11.8 Å². The van der Waals surface area contributed by atoms with Gasteiger partial charge in [0, 0.05) is 0 Å². The largest absolute Gasteiger partial charge is 0.393 e. The second kappa shape index (κ2) is 6.99. The fraction of sp³-hybridized carbons (Fsp3) is 1.00. The van der Waals surface area contributed by atoms with Crippen LogP contribution in [0.3, 0.4) is 0 Å². The Labute approximate surface area is 74.6 Å². The van der Waals surface area contributed by atoms with Gasteiger partial charge in [-0.3, -0.25) is 0 Å². The van der Waals surface area contributed by atoms with Crippen LogP contribution in [0.25, 0.3) is 0 Å². The van der Waals surface area contributed by atoms with Crippen molar-refractivity contribution >= 4 is 11.8 Å². The van der Waals surface area contributed by atoms with Crippen LogP contribution < -0.4 is 0 Å². The molecule has 0 aliphatic heterocycles. The zero-order chi connectivity index (χ0) is 8.69. The number of aliphatic hydroxyl groups excluding tert-OH is 1. The molecule has 11 heavy (non-hydrogen) atoms. The third kappa shape index (κ3) is 5.57. The molecule has 0 saturated heterocycles. The monoisotopic (exact) mass is 176 g/mol. The Balaban J connectivity index is 3.28. The summed E-state index contributed by atoms with van der Waals surface area (Å²) in [7, 11) is 0. The zero-order valence-electron chi connectivity index (χ0n) is 7.84. The second-order valence-electron chi connectivity index (χ2n) is 3.09. The Morgan fingerprint density at radius 1 is 1.45 bits per heavy atom. The molecule has 2 unspecified atom stereocenters.